The average molecular weight is 290 g/mol. The first-order chi connectivity index (χ1) is 10.1. The van der Waals surface area contributed by atoms with Gasteiger partial charge in [0.05, 0.1) is 0 Å². The average Bonchev–Trinajstić information content (AvgIpc) is 2.47. The minimum absolute atomic E-state index is 0.511. The topological polar surface area (TPSA) is 31.4 Å². The zero-order valence-corrected chi connectivity index (χ0v) is 14.0. The first kappa shape index (κ1) is 16.2. The molecule has 2 heterocycles. The summed E-state index contributed by atoms with van der Waals surface area (Å²) in [4.78, 5) is 9.70. The van der Waals surface area contributed by atoms with Crippen molar-refractivity contribution in [3.8, 4) is 0 Å². The minimum atomic E-state index is 0.511. The molecule has 0 amide bonds. The van der Waals surface area contributed by atoms with Crippen LogP contribution in [0.25, 0.3) is 0 Å². The highest BCUT2D eigenvalue weighted by molar-refractivity contribution is 5.47. The number of hydrogen-bond donors (Lipinski definition) is 1. The summed E-state index contributed by atoms with van der Waals surface area (Å²) in [6.45, 7) is 15.4. The second kappa shape index (κ2) is 7.76. The van der Waals surface area contributed by atoms with Crippen LogP contribution < -0.4 is 10.2 Å². The maximum absolute atomic E-state index is 4.72. The lowest BCUT2D eigenvalue weighted by Gasteiger charge is -2.36. The van der Waals surface area contributed by atoms with Crippen LogP contribution in [0.1, 0.15) is 38.3 Å². The number of hydrogen-bond acceptors (Lipinski definition) is 4. The van der Waals surface area contributed by atoms with Gasteiger partial charge in [-0.1, -0.05) is 20.8 Å². The van der Waals surface area contributed by atoms with E-state index in [4.69, 9.17) is 4.98 Å². The molecule has 1 saturated heterocycles. The summed E-state index contributed by atoms with van der Waals surface area (Å²) in [6.07, 6.45) is 3.27. The first-order valence-corrected chi connectivity index (χ1v) is 8.26. The fraction of sp³-hybridized carbons (Fsp3) is 0.706. The molecule has 1 aromatic rings. The van der Waals surface area contributed by atoms with Gasteiger partial charge in [-0.15, -0.1) is 0 Å². The largest absolute Gasteiger partial charge is 0.354 e. The predicted octanol–water partition coefficient (Wildman–Crippen LogP) is 2.42. The Morgan fingerprint density at radius 3 is 2.52 bits per heavy atom. The highest BCUT2D eigenvalue weighted by atomic mass is 15.3. The zero-order chi connectivity index (χ0) is 15.2. The lowest BCUT2D eigenvalue weighted by molar-refractivity contribution is 0.258. The van der Waals surface area contributed by atoms with Crippen molar-refractivity contribution < 1.29 is 0 Å². The third-order valence-electron chi connectivity index (χ3n) is 4.03. The molecule has 1 aromatic heterocycles. The molecule has 0 unspecified atom stereocenters. The summed E-state index contributed by atoms with van der Waals surface area (Å²) in [6, 6.07) is 2.78. The third-order valence-corrected chi connectivity index (χ3v) is 4.03. The Kier molecular flexibility index (Phi) is 6.00. The number of aromatic nitrogens is 1. The van der Waals surface area contributed by atoms with Gasteiger partial charge in [0.25, 0.3) is 0 Å². The van der Waals surface area contributed by atoms with Crippen molar-refractivity contribution in [1.82, 2.24) is 15.2 Å². The molecule has 4 heteroatoms. The van der Waals surface area contributed by atoms with E-state index in [1.54, 1.807) is 0 Å². The van der Waals surface area contributed by atoms with Crippen molar-refractivity contribution in [2.24, 2.45) is 0 Å². The second-order valence-corrected chi connectivity index (χ2v) is 6.35. The quantitative estimate of drug-likeness (QED) is 0.872. The van der Waals surface area contributed by atoms with Crippen LogP contribution in [-0.2, 0) is 6.54 Å². The van der Waals surface area contributed by atoms with E-state index >= 15 is 0 Å². The SMILES string of the molecule is CCCN1CCN(c2ncc(CNC(C)C)cc2C)CC1. The van der Waals surface area contributed by atoms with Gasteiger partial charge < -0.3 is 10.2 Å². The van der Waals surface area contributed by atoms with Crippen LogP contribution in [0.4, 0.5) is 5.82 Å². The Balaban J connectivity index is 1.95. The van der Waals surface area contributed by atoms with Crippen LogP contribution in [0.5, 0.6) is 0 Å². The molecule has 1 N–H and O–H groups in total. The molecule has 118 valence electrons. The van der Waals surface area contributed by atoms with E-state index < -0.39 is 0 Å². The van der Waals surface area contributed by atoms with Crippen LogP contribution in [-0.4, -0.2) is 48.6 Å². The fourth-order valence-corrected chi connectivity index (χ4v) is 2.87. The smallest absolute Gasteiger partial charge is 0.131 e. The summed E-state index contributed by atoms with van der Waals surface area (Å²) in [5.41, 5.74) is 2.57. The highest BCUT2D eigenvalue weighted by Crippen LogP contribution is 2.19. The molecule has 2 rings (SSSR count). The van der Waals surface area contributed by atoms with Gasteiger partial charge in [-0.2, -0.15) is 0 Å². The molecular weight excluding hydrogens is 260 g/mol. The first-order valence-electron chi connectivity index (χ1n) is 8.26. The van der Waals surface area contributed by atoms with Gasteiger partial charge >= 0.3 is 0 Å². The fourth-order valence-electron chi connectivity index (χ4n) is 2.87. The molecule has 0 spiro atoms. The molecule has 1 aliphatic heterocycles. The van der Waals surface area contributed by atoms with Gasteiger partial charge in [-0.3, -0.25) is 4.90 Å². The molecule has 1 aliphatic rings. The standard InChI is InChI=1S/C17H30N4/c1-5-6-20-7-9-21(10-8-20)17-15(4)11-16(13-19-17)12-18-14(2)3/h11,13-14,18H,5-10,12H2,1-4H3. The van der Waals surface area contributed by atoms with Crippen LogP contribution in [0.15, 0.2) is 12.3 Å². The van der Waals surface area contributed by atoms with Crippen molar-refractivity contribution in [1.29, 1.82) is 0 Å². The Hall–Kier alpha value is -1.13. The predicted molar refractivity (Wildman–Crippen MR) is 89.9 cm³/mol. The van der Waals surface area contributed by atoms with E-state index in [-0.39, 0.29) is 0 Å². The lowest BCUT2D eigenvalue weighted by atomic mass is 10.1. The summed E-state index contributed by atoms with van der Waals surface area (Å²) in [5.74, 6) is 1.17. The van der Waals surface area contributed by atoms with E-state index in [0.29, 0.717) is 6.04 Å². The number of piperazine rings is 1. The summed E-state index contributed by atoms with van der Waals surface area (Å²) in [5, 5.41) is 3.45. The number of pyridine rings is 1. The maximum atomic E-state index is 4.72. The number of nitrogens with one attached hydrogen (secondary N) is 1. The Morgan fingerprint density at radius 2 is 1.95 bits per heavy atom. The van der Waals surface area contributed by atoms with Crippen molar-refractivity contribution in [3.05, 3.63) is 23.4 Å². The summed E-state index contributed by atoms with van der Waals surface area (Å²) in [7, 11) is 0. The monoisotopic (exact) mass is 290 g/mol. The molecule has 0 aromatic carbocycles. The number of anilines is 1. The minimum Gasteiger partial charge on any atom is -0.354 e. The van der Waals surface area contributed by atoms with Gasteiger partial charge in [0.15, 0.2) is 0 Å². The van der Waals surface area contributed by atoms with E-state index in [1.807, 2.05) is 6.20 Å². The van der Waals surface area contributed by atoms with Gasteiger partial charge in [0, 0.05) is 45.0 Å². The second-order valence-electron chi connectivity index (χ2n) is 6.35. The number of nitrogens with zero attached hydrogens (tertiary/aromatic N) is 3. The lowest BCUT2D eigenvalue weighted by Crippen LogP contribution is -2.47. The number of rotatable bonds is 6. The van der Waals surface area contributed by atoms with Gasteiger partial charge in [0.1, 0.15) is 5.82 Å². The van der Waals surface area contributed by atoms with Crippen LogP contribution in [0.3, 0.4) is 0 Å². The summed E-state index contributed by atoms with van der Waals surface area (Å²) < 4.78 is 0. The molecule has 0 aliphatic carbocycles. The molecule has 4 nitrogen and oxygen atoms in total. The van der Waals surface area contributed by atoms with E-state index in [9.17, 15) is 0 Å². The molecular formula is C17H30N4. The van der Waals surface area contributed by atoms with Crippen LogP contribution in [0.2, 0.25) is 0 Å². The van der Waals surface area contributed by atoms with Crippen molar-refractivity contribution in [2.45, 2.75) is 46.7 Å². The number of aryl methyl sites for hydroxylation is 1. The van der Waals surface area contributed by atoms with E-state index in [0.717, 1.165) is 32.7 Å². The molecule has 21 heavy (non-hydrogen) atoms. The van der Waals surface area contributed by atoms with Gasteiger partial charge in [-0.05, 0) is 37.1 Å². The van der Waals surface area contributed by atoms with E-state index in [2.05, 4.69) is 48.9 Å². The maximum Gasteiger partial charge on any atom is 0.131 e. The molecule has 0 bridgehead atoms. The molecule has 1 fully saturated rings. The summed E-state index contributed by atoms with van der Waals surface area (Å²) >= 11 is 0. The van der Waals surface area contributed by atoms with Gasteiger partial charge in [-0.25, -0.2) is 4.98 Å². The molecule has 0 radical (unpaired) electrons. The van der Waals surface area contributed by atoms with Crippen molar-refractivity contribution >= 4 is 5.82 Å². The Morgan fingerprint density at radius 1 is 1.24 bits per heavy atom. The highest BCUT2D eigenvalue weighted by Gasteiger charge is 2.18. The van der Waals surface area contributed by atoms with Crippen LogP contribution in [0, 0.1) is 6.92 Å². The van der Waals surface area contributed by atoms with Crippen LogP contribution >= 0.6 is 0 Å². The third kappa shape index (κ3) is 4.68. The van der Waals surface area contributed by atoms with Crippen molar-refractivity contribution in [3.63, 3.8) is 0 Å². The Labute approximate surface area is 129 Å². The molecule has 0 atom stereocenters. The van der Waals surface area contributed by atoms with E-state index in [1.165, 1.54) is 29.9 Å². The normalized spacial score (nSPS) is 16.7. The van der Waals surface area contributed by atoms with Gasteiger partial charge in [0.2, 0.25) is 0 Å². The van der Waals surface area contributed by atoms with Crippen molar-refractivity contribution in [2.75, 3.05) is 37.6 Å². The molecule has 0 saturated carbocycles. The zero-order valence-electron chi connectivity index (χ0n) is 14.0. The Bertz CT molecular complexity index is 436.